The van der Waals surface area contributed by atoms with Crippen LogP contribution in [-0.4, -0.2) is 37.0 Å². The molecule has 0 saturated heterocycles. The zero-order chi connectivity index (χ0) is 17.8. The largest absolute Gasteiger partial charge is 0.483 e. The van der Waals surface area contributed by atoms with Crippen molar-refractivity contribution in [2.45, 2.75) is 50.2 Å². The molecule has 0 radical (unpaired) electrons. The molecule has 0 amide bonds. The van der Waals surface area contributed by atoms with E-state index in [1.54, 1.807) is 6.92 Å². The fourth-order valence-corrected chi connectivity index (χ4v) is 1.14. The summed E-state index contributed by atoms with van der Waals surface area (Å²) in [7, 11) is 0. The fraction of sp³-hybridized carbons (Fsp3) is 0.818. The van der Waals surface area contributed by atoms with Crippen molar-refractivity contribution in [1.82, 2.24) is 0 Å². The normalized spacial score (nSPS) is 15.7. The lowest BCUT2D eigenvalue weighted by atomic mass is 10.2. The summed E-state index contributed by atoms with van der Waals surface area (Å²) in [6.07, 6.45) is -18.7. The Morgan fingerprint density at radius 1 is 0.955 bits per heavy atom. The Bertz CT molecular complexity index is 365. The van der Waals surface area contributed by atoms with Gasteiger partial charge in [-0.15, -0.1) is 6.58 Å². The molecule has 0 saturated carbocycles. The van der Waals surface area contributed by atoms with E-state index < -0.39 is 37.0 Å². The molecule has 0 aromatic rings. The van der Waals surface area contributed by atoms with Crippen LogP contribution in [0.1, 0.15) is 19.8 Å². The van der Waals surface area contributed by atoms with Crippen LogP contribution in [0.15, 0.2) is 12.7 Å². The van der Waals surface area contributed by atoms with E-state index in [2.05, 4.69) is 11.3 Å². The van der Waals surface area contributed by atoms with Crippen LogP contribution in [0, 0.1) is 0 Å². The number of hydrogen-bond donors (Lipinski definition) is 0. The lowest BCUT2D eigenvalue weighted by Gasteiger charge is -2.30. The van der Waals surface area contributed by atoms with Crippen LogP contribution in [0.25, 0.3) is 0 Å². The van der Waals surface area contributed by atoms with Gasteiger partial charge in [0.25, 0.3) is 0 Å². The van der Waals surface area contributed by atoms with Gasteiger partial charge in [0.1, 0.15) is 6.61 Å². The minimum absolute atomic E-state index is 0.116. The molecule has 1 atom stereocenters. The predicted molar refractivity (Wildman–Crippen MR) is 56.8 cm³/mol. The van der Waals surface area contributed by atoms with Crippen molar-refractivity contribution in [2.75, 3.05) is 6.61 Å². The third kappa shape index (κ3) is 5.34. The van der Waals surface area contributed by atoms with E-state index >= 15 is 0 Å². The Kier molecular flexibility index (Phi) is 6.76. The Morgan fingerprint density at radius 3 is 1.82 bits per heavy atom. The highest BCUT2D eigenvalue weighted by Gasteiger charge is 2.70. The minimum Gasteiger partial charge on any atom is -0.368 e. The summed E-state index contributed by atoms with van der Waals surface area (Å²) in [5.41, 5.74) is 0. The molecule has 0 N–H and O–H groups in total. The van der Waals surface area contributed by atoms with E-state index in [1.165, 1.54) is 0 Å². The van der Waals surface area contributed by atoms with Crippen LogP contribution >= 0.6 is 0 Å². The summed E-state index contributed by atoms with van der Waals surface area (Å²) in [4.78, 5) is 0. The highest BCUT2D eigenvalue weighted by Crippen LogP contribution is 2.45. The maximum absolute atomic E-state index is 13.1. The monoisotopic (exact) mass is 348 g/mol. The van der Waals surface area contributed by atoms with E-state index in [0.29, 0.717) is 6.42 Å². The number of alkyl halides is 9. The Morgan fingerprint density at radius 2 is 1.45 bits per heavy atom. The Labute approximate surface area is 119 Å². The Balaban J connectivity index is 4.97. The summed E-state index contributed by atoms with van der Waals surface area (Å²) >= 11 is 0. The maximum Gasteiger partial charge on any atom is 0.483 e. The minimum atomic E-state index is -6.57. The summed E-state index contributed by atoms with van der Waals surface area (Å²) < 4.78 is 118. The van der Waals surface area contributed by atoms with E-state index in [-0.39, 0.29) is 6.42 Å². The molecule has 2 nitrogen and oxygen atoms in total. The van der Waals surface area contributed by atoms with E-state index in [0.717, 1.165) is 6.08 Å². The smallest absolute Gasteiger partial charge is 0.368 e. The topological polar surface area (TPSA) is 18.5 Å². The third-order valence-corrected chi connectivity index (χ3v) is 2.33. The zero-order valence-electron chi connectivity index (χ0n) is 11.2. The van der Waals surface area contributed by atoms with Gasteiger partial charge in [0.15, 0.2) is 0 Å². The van der Waals surface area contributed by atoms with Gasteiger partial charge in [0.2, 0.25) is 0 Å². The quantitative estimate of drug-likeness (QED) is 0.442. The van der Waals surface area contributed by atoms with Crippen molar-refractivity contribution in [3.05, 3.63) is 12.7 Å². The van der Waals surface area contributed by atoms with E-state index in [4.69, 9.17) is 0 Å². The van der Waals surface area contributed by atoms with Crippen LogP contribution in [-0.2, 0) is 9.47 Å². The van der Waals surface area contributed by atoms with Gasteiger partial charge in [0.05, 0.1) is 6.10 Å². The lowest BCUT2D eigenvalue weighted by Crippen LogP contribution is -2.54. The second-order valence-corrected chi connectivity index (χ2v) is 4.21. The van der Waals surface area contributed by atoms with Gasteiger partial charge in [0, 0.05) is 0 Å². The van der Waals surface area contributed by atoms with Crippen LogP contribution in [0.2, 0.25) is 0 Å². The fourth-order valence-electron chi connectivity index (χ4n) is 1.14. The first kappa shape index (κ1) is 21.0. The van der Waals surface area contributed by atoms with E-state index in [9.17, 15) is 39.5 Å². The molecule has 0 aliphatic heterocycles. The van der Waals surface area contributed by atoms with Crippen molar-refractivity contribution in [2.24, 2.45) is 0 Å². The maximum atomic E-state index is 13.1. The highest BCUT2D eigenvalue weighted by molar-refractivity contribution is 4.84. The van der Waals surface area contributed by atoms with Crippen molar-refractivity contribution in [3.63, 3.8) is 0 Å². The summed E-state index contributed by atoms with van der Waals surface area (Å²) in [6, 6.07) is 0. The molecule has 0 rings (SSSR count). The summed E-state index contributed by atoms with van der Waals surface area (Å²) in [5.74, 6) is -5.41. The van der Waals surface area contributed by atoms with Crippen LogP contribution < -0.4 is 0 Å². The number of halogens is 9. The molecule has 22 heavy (non-hydrogen) atoms. The first-order valence-electron chi connectivity index (χ1n) is 5.84. The van der Waals surface area contributed by atoms with Gasteiger partial charge >= 0.3 is 24.3 Å². The van der Waals surface area contributed by atoms with Gasteiger partial charge in [-0.25, -0.2) is 4.74 Å². The Hall–Kier alpha value is -0.970. The van der Waals surface area contributed by atoms with Crippen molar-refractivity contribution in [3.8, 4) is 0 Å². The van der Waals surface area contributed by atoms with Crippen LogP contribution in [0.3, 0.4) is 0 Å². The van der Waals surface area contributed by atoms with Gasteiger partial charge in [-0.05, 0) is 6.42 Å². The molecule has 0 spiro atoms. The van der Waals surface area contributed by atoms with Crippen molar-refractivity contribution in [1.29, 1.82) is 0 Å². The molecule has 0 fully saturated rings. The highest BCUT2D eigenvalue weighted by atomic mass is 19.4. The number of rotatable bonds is 9. The van der Waals surface area contributed by atoms with Crippen molar-refractivity contribution >= 4 is 0 Å². The molecule has 0 aromatic heterocycles. The average Bonchev–Trinajstić information content (AvgIpc) is 2.31. The standard InChI is InChI=1S/C11H13F9O2/c1-3-5-7(4-2)21-6-8(12,13)10(17,18)22-11(19,20)9(14,15)16/h4,7H,2-3,5-6H2,1H3. The second kappa shape index (κ2) is 7.07. The molecule has 132 valence electrons. The molecule has 1 unspecified atom stereocenters. The molecular weight excluding hydrogens is 335 g/mol. The van der Waals surface area contributed by atoms with Crippen LogP contribution in [0.4, 0.5) is 39.5 Å². The van der Waals surface area contributed by atoms with Gasteiger partial charge < -0.3 is 4.74 Å². The molecule has 0 heterocycles. The molecule has 0 aliphatic carbocycles. The summed E-state index contributed by atoms with van der Waals surface area (Å²) in [5, 5.41) is 0. The number of hydrogen-bond acceptors (Lipinski definition) is 2. The van der Waals surface area contributed by atoms with Gasteiger partial charge in [-0.3, -0.25) is 0 Å². The SMILES string of the molecule is C=CC(CCC)OCC(F)(F)C(F)(F)OC(F)(F)C(F)(F)F. The second-order valence-electron chi connectivity index (χ2n) is 4.21. The molecule has 0 bridgehead atoms. The first-order chi connectivity index (χ1) is 9.70. The molecule has 11 heteroatoms. The zero-order valence-corrected chi connectivity index (χ0v) is 11.2. The predicted octanol–water partition coefficient (Wildman–Crippen LogP) is 4.76. The van der Waals surface area contributed by atoms with Crippen LogP contribution in [0.5, 0.6) is 0 Å². The molecule has 0 aromatic carbocycles. The average molecular weight is 348 g/mol. The summed E-state index contributed by atoms with van der Waals surface area (Å²) in [6.45, 7) is 2.67. The van der Waals surface area contributed by atoms with Gasteiger partial charge in [-0.1, -0.05) is 19.4 Å². The first-order valence-corrected chi connectivity index (χ1v) is 5.84. The number of ether oxygens (including phenoxy) is 2. The van der Waals surface area contributed by atoms with E-state index in [1.807, 2.05) is 4.74 Å². The van der Waals surface area contributed by atoms with Gasteiger partial charge in [-0.2, -0.15) is 39.5 Å². The lowest BCUT2D eigenvalue weighted by molar-refractivity contribution is -0.488. The van der Waals surface area contributed by atoms with Crippen molar-refractivity contribution < 1.29 is 49.0 Å². The molecular formula is C11H13F9O2. The molecule has 0 aliphatic rings. The third-order valence-electron chi connectivity index (χ3n) is 2.33.